The van der Waals surface area contributed by atoms with E-state index < -0.39 is 0 Å². The van der Waals surface area contributed by atoms with Crippen LogP contribution < -0.4 is 31.1 Å². The average Bonchev–Trinajstić information content (AvgIpc) is 4.07. The summed E-state index contributed by atoms with van der Waals surface area (Å²) in [5.74, 6) is 0. The van der Waals surface area contributed by atoms with Crippen LogP contribution in [0.1, 0.15) is 77.0 Å². The standard InChI is InChI=1S/C67H56BN3S2/c1-41-36-58-62-59(37-41)70(55-25-17-23-49-47-21-11-13-27-61(47)73-64(49)55)57-40-45(71-53-33-28-43(42-18-8-7-9-19-42)38-50(53)66(5)34-14-15-35-67(66,71)6)30-32-52(57)68(62)51-31-29-44(65(2,3)4)39-56(51)69(58)54-24-16-22-48-46-20-10-12-26-60(46)72-63(48)54/h7-13,16-33,36-40H,14-15,34-35H2,1-6H3. The normalized spacial score (nSPS) is 18.9. The summed E-state index contributed by atoms with van der Waals surface area (Å²) in [6, 6.07) is 70.3. The summed E-state index contributed by atoms with van der Waals surface area (Å²) in [5.41, 5.74) is 20.7. The summed E-state index contributed by atoms with van der Waals surface area (Å²) in [4.78, 5) is 8.12. The van der Waals surface area contributed by atoms with E-state index in [0.717, 1.165) is 6.42 Å². The van der Waals surface area contributed by atoms with Crippen molar-refractivity contribution in [3.05, 3.63) is 199 Å². The number of anilines is 8. The summed E-state index contributed by atoms with van der Waals surface area (Å²) >= 11 is 3.85. The zero-order chi connectivity index (χ0) is 49.1. The molecule has 15 rings (SSSR count). The number of hydrogen-bond acceptors (Lipinski definition) is 5. The van der Waals surface area contributed by atoms with Gasteiger partial charge in [0.25, 0.3) is 6.71 Å². The molecule has 3 nitrogen and oxygen atoms in total. The molecule has 0 spiro atoms. The molecule has 0 bridgehead atoms. The highest BCUT2D eigenvalue weighted by molar-refractivity contribution is 7.27. The third kappa shape index (κ3) is 6.05. The van der Waals surface area contributed by atoms with Gasteiger partial charge in [-0.1, -0.05) is 156 Å². The Balaban J connectivity index is 1.02. The zero-order valence-corrected chi connectivity index (χ0v) is 44.0. The molecule has 0 N–H and O–H groups in total. The van der Waals surface area contributed by atoms with Gasteiger partial charge in [0.15, 0.2) is 0 Å². The highest BCUT2D eigenvalue weighted by atomic mass is 32.1. The Morgan fingerprint density at radius 1 is 0.479 bits per heavy atom. The maximum absolute atomic E-state index is 2.78. The van der Waals surface area contributed by atoms with Crippen LogP contribution in [-0.2, 0) is 10.8 Å². The zero-order valence-electron chi connectivity index (χ0n) is 42.4. The van der Waals surface area contributed by atoms with Gasteiger partial charge in [-0.15, -0.1) is 22.7 Å². The second kappa shape index (κ2) is 15.5. The molecule has 5 heterocycles. The molecule has 1 fully saturated rings. The molecule has 0 radical (unpaired) electrons. The molecule has 6 heteroatoms. The average molecular weight is 978 g/mol. The van der Waals surface area contributed by atoms with Gasteiger partial charge in [-0.25, -0.2) is 0 Å². The number of thiophene rings is 2. The van der Waals surface area contributed by atoms with Crippen molar-refractivity contribution in [3.8, 4) is 11.1 Å². The monoisotopic (exact) mass is 977 g/mol. The topological polar surface area (TPSA) is 9.72 Å². The highest BCUT2D eigenvalue weighted by Crippen LogP contribution is 2.62. The van der Waals surface area contributed by atoms with E-state index in [0.29, 0.717) is 0 Å². The fourth-order valence-corrected chi connectivity index (χ4v) is 16.4. The molecule has 9 aromatic carbocycles. The Kier molecular flexibility index (Phi) is 9.20. The van der Waals surface area contributed by atoms with E-state index in [-0.39, 0.29) is 23.1 Å². The van der Waals surface area contributed by atoms with Gasteiger partial charge in [-0.3, -0.25) is 0 Å². The Hall–Kier alpha value is -7.12. The molecule has 73 heavy (non-hydrogen) atoms. The molecular formula is C67H56BN3S2. The molecule has 2 aromatic heterocycles. The molecule has 4 aliphatic rings. The predicted molar refractivity (Wildman–Crippen MR) is 318 cm³/mol. The van der Waals surface area contributed by atoms with Crippen molar-refractivity contribution in [2.45, 2.75) is 83.6 Å². The van der Waals surface area contributed by atoms with E-state index in [1.54, 1.807) is 0 Å². The predicted octanol–water partition coefficient (Wildman–Crippen LogP) is 17.5. The van der Waals surface area contributed by atoms with Gasteiger partial charge in [0.2, 0.25) is 0 Å². The lowest BCUT2D eigenvalue weighted by atomic mass is 9.33. The third-order valence-electron chi connectivity index (χ3n) is 17.8. The van der Waals surface area contributed by atoms with Crippen LogP contribution in [0, 0.1) is 6.92 Å². The van der Waals surface area contributed by atoms with Gasteiger partial charge in [0.05, 0.1) is 26.3 Å². The van der Waals surface area contributed by atoms with Gasteiger partial charge in [-0.2, -0.15) is 0 Å². The summed E-state index contributed by atoms with van der Waals surface area (Å²) in [5, 5.41) is 5.26. The minimum absolute atomic E-state index is 0.00391. The largest absolute Gasteiger partial charge is 0.334 e. The van der Waals surface area contributed by atoms with E-state index in [1.165, 1.54) is 149 Å². The fraction of sp³-hybridized carbons (Fsp3) is 0.194. The van der Waals surface area contributed by atoms with Crippen molar-refractivity contribution in [2.75, 3.05) is 14.7 Å². The molecule has 3 aliphatic heterocycles. The lowest BCUT2D eigenvalue weighted by molar-refractivity contribution is 0.195. The lowest BCUT2D eigenvalue weighted by Crippen LogP contribution is -2.61. The number of hydrogen-bond donors (Lipinski definition) is 0. The number of aryl methyl sites for hydroxylation is 1. The summed E-state index contributed by atoms with van der Waals surface area (Å²) < 4.78 is 5.28. The van der Waals surface area contributed by atoms with E-state index in [4.69, 9.17) is 0 Å². The van der Waals surface area contributed by atoms with Crippen LogP contribution >= 0.6 is 22.7 Å². The molecule has 1 saturated carbocycles. The molecular weight excluding hydrogens is 922 g/mol. The van der Waals surface area contributed by atoms with Crippen molar-refractivity contribution >= 4 is 132 Å². The van der Waals surface area contributed by atoms with Gasteiger partial charge < -0.3 is 14.7 Å². The first-order chi connectivity index (χ1) is 35.5. The molecule has 1 aliphatic carbocycles. The quantitative estimate of drug-likeness (QED) is 0.163. The first kappa shape index (κ1) is 43.5. The van der Waals surface area contributed by atoms with Crippen LogP contribution in [-0.4, -0.2) is 12.3 Å². The van der Waals surface area contributed by atoms with Crippen molar-refractivity contribution in [1.82, 2.24) is 0 Å². The van der Waals surface area contributed by atoms with Crippen LogP contribution in [0.15, 0.2) is 182 Å². The SMILES string of the molecule is Cc1cc2c3c(c1)N(c1cccc4c1sc1ccccc14)c1cc(C(C)(C)C)ccc1B3c1ccc(N3c4ccc(-c5ccccc5)cc4C4(C)CCCCC34C)cc1N2c1cccc2c1sc1ccccc12. The van der Waals surface area contributed by atoms with Crippen LogP contribution in [0.25, 0.3) is 51.5 Å². The van der Waals surface area contributed by atoms with E-state index >= 15 is 0 Å². The fourth-order valence-electron chi connectivity index (χ4n) is 14.0. The van der Waals surface area contributed by atoms with Crippen LogP contribution in [0.3, 0.4) is 0 Å². The summed E-state index contributed by atoms with van der Waals surface area (Å²) in [6.07, 6.45) is 4.79. The van der Waals surface area contributed by atoms with Crippen molar-refractivity contribution < 1.29 is 0 Å². The number of benzene rings is 9. The van der Waals surface area contributed by atoms with Crippen molar-refractivity contribution in [3.63, 3.8) is 0 Å². The number of fused-ring (bicyclic) bond motifs is 13. The van der Waals surface area contributed by atoms with Crippen LogP contribution in [0.2, 0.25) is 0 Å². The van der Waals surface area contributed by atoms with Crippen molar-refractivity contribution in [2.24, 2.45) is 0 Å². The Bertz CT molecular complexity index is 4120. The van der Waals surface area contributed by atoms with Gasteiger partial charge in [0, 0.05) is 70.5 Å². The minimum Gasteiger partial charge on any atom is -0.334 e. The van der Waals surface area contributed by atoms with Crippen molar-refractivity contribution in [1.29, 1.82) is 0 Å². The number of nitrogens with zero attached hydrogens (tertiary/aromatic N) is 3. The summed E-state index contributed by atoms with van der Waals surface area (Å²) in [6.45, 7) is 14.5. The second-order valence-electron chi connectivity index (χ2n) is 22.8. The third-order valence-corrected chi connectivity index (χ3v) is 20.2. The second-order valence-corrected chi connectivity index (χ2v) is 24.9. The minimum atomic E-state index is -0.112. The van der Waals surface area contributed by atoms with E-state index in [2.05, 4.69) is 238 Å². The Labute approximate surface area is 437 Å². The van der Waals surface area contributed by atoms with Crippen LogP contribution in [0.4, 0.5) is 45.5 Å². The van der Waals surface area contributed by atoms with Gasteiger partial charge >= 0.3 is 0 Å². The number of rotatable bonds is 4. The maximum Gasteiger partial charge on any atom is 0.252 e. The van der Waals surface area contributed by atoms with E-state index in [9.17, 15) is 0 Å². The molecule has 11 aromatic rings. The molecule has 2 unspecified atom stereocenters. The molecule has 0 amide bonds. The smallest absolute Gasteiger partial charge is 0.252 e. The summed E-state index contributed by atoms with van der Waals surface area (Å²) in [7, 11) is 0. The van der Waals surface area contributed by atoms with Gasteiger partial charge in [0.1, 0.15) is 0 Å². The first-order valence-electron chi connectivity index (χ1n) is 26.3. The first-order valence-corrected chi connectivity index (χ1v) is 28.0. The molecule has 0 saturated heterocycles. The van der Waals surface area contributed by atoms with Crippen LogP contribution in [0.5, 0.6) is 0 Å². The molecule has 354 valence electrons. The highest BCUT2D eigenvalue weighted by Gasteiger charge is 2.58. The van der Waals surface area contributed by atoms with Gasteiger partial charge in [-0.05, 0) is 143 Å². The van der Waals surface area contributed by atoms with E-state index in [1.807, 2.05) is 22.7 Å². The Morgan fingerprint density at radius 3 is 1.70 bits per heavy atom. The molecule has 2 atom stereocenters. The maximum atomic E-state index is 2.78. The Morgan fingerprint density at radius 2 is 1.05 bits per heavy atom. The lowest BCUT2D eigenvalue weighted by Gasteiger charge is -2.50.